The van der Waals surface area contributed by atoms with Crippen LogP contribution >= 0.6 is 15.9 Å². The van der Waals surface area contributed by atoms with Crippen LogP contribution in [0, 0.1) is 0 Å². The largest absolute Gasteiger partial charge is 0.394 e. The lowest BCUT2D eigenvalue weighted by Crippen LogP contribution is -2.37. The molecule has 3 N–H and O–H groups in total. The second-order valence-electron chi connectivity index (χ2n) is 4.50. The van der Waals surface area contributed by atoms with Gasteiger partial charge in [0.05, 0.1) is 31.6 Å². The fourth-order valence-corrected chi connectivity index (χ4v) is 2.29. The maximum atomic E-state index is 11.9. The number of hydrogen-bond donors (Lipinski definition) is 3. The van der Waals surface area contributed by atoms with Crippen molar-refractivity contribution in [2.24, 2.45) is 0 Å². The van der Waals surface area contributed by atoms with Gasteiger partial charge in [-0.3, -0.25) is 4.79 Å². The second kappa shape index (κ2) is 6.00. The Kier molecular flexibility index (Phi) is 4.56. The lowest BCUT2D eigenvalue weighted by molar-refractivity contribution is 0.0382. The molecular formula is C11H16BrN3O4. The molecule has 0 aromatic carbocycles. The molecule has 0 bridgehead atoms. The summed E-state index contributed by atoms with van der Waals surface area (Å²) in [6.45, 7) is 1.11. The fourth-order valence-electron chi connectivity index (χ4n) is 1.84. The number of aliphatic hydroxyl groups is 2. The molecular weight excluding hydrogens is 318 g/mol. The van der Waals surface area contributed by atoms with Crippen molar-refractivity contribution in [1.29, 1.82) is 0 Å². The van der Waals surface area contributed by atoms with Crippen LogP contribution in [0.25, 0.3) is 0 Å². The Labute approximate surface area is 118 Å². The van der Waals surface area contributed by atoms with Gasteiger partial charge in [0, 0.05) is 19.6 Å². The Balaban J connectivity index is 2.09. The molecule has 1 aliphatic rings. The molecule has 1 aromatic rings. The van der Waals surface area contributed by atoms with Gasteiger partial charge in [-0.25, -0.2) is 4.68 Å². The first kappa shape index (κ1) is 14.4. The zero-order valence-corrected chi connectivity index (χ0v) is 11.9. The minimum Gasteiger partial charge on any atom is -0.394 e. The Hall–Kier alpha value is -0.960. The van der Waals surface area contributed by atoms with E-state index in [-0.39, 0.29) is 31.9 Å². The lowest BCUT2D eigenvalue weighted by atomic mass is 10.0. The van der Waals surface area contributed by atoms with Crippen molar-refractivity contribution in [2.45, 2.75) is 18.6 Å². The van der Waals surface area contributed by atoms with Crippen LogP contribution in [0.4, 0.5) is 5.69 Å². The quantitative estimate of drug-likeness (QED) is 0.676. The highest BCUT2D eigenvalue weighted by Gasteiger charge is 2.32. The minimum absolute atomic E-state index is 0.148. The predicted molar refractivity (Wildman–Crippen MR) is 72.2 cm³/mol. The SMILES string of the molecule is O=c1c(Br)c(NCC2(O)CCOC2)cnn1CCO. The molecule has 1 unspecified atom stereocenters. The minimum atomic E-state index is -0.903. The van der Waals surface area contributed by atoms with E-state index in [0.29, 0.717) is 23.2 Å². The Bertz CT molecular complexity index is 499. The van der Waals surface area contributed by atoms with Gasteiger partial charge in [0.15, 0.2) is 0 Å². The van der Waals surface area contributed by atoms with Gasteiger partial charge >= 0.3 is 0 Å². The Morgan fingerprint density at radius 1 is 1.63 bits per heavy atom. The van der Waals surface area contributed by atoms with Gasteiger partial charge in [0.25, 0.3) is 5.56 Å². The monoisotopic (exact) mass is 333 g/mol. The average Bonchev–Trinajstić information content (AvgIpc) is 2.82. The van der Waals surface area contributed by atoms with E-state index in [0.717, 1.165) is 0 Å². The van der Waals surface area contributed by atoms with Gasteiger partial charge in [0.2, 0.25) is 0 Å². The third-order valence-corrected chi connectivity index (χ3v) is 3.75. The van der Waals surface area contributed by atoms with Crippen LogP contribution < -0.4 is 10.9 Å². The first-order valence-corrected chi connectivity index (χ1v) is 6.75. The van der Waals surface area contributed by atoms with Crippen LogP contribution in [0.1, 0.15) is 6.42 Å². The first-order valence-electron chi connectivity index (χ1n) is 5.96. The summed E-state index contributed by atoms with van der Waals surface area (Å²) < 4.78 is 6.64. The van der Waals surface area contributed by atoms with Gasteiger partial charge in [0.1, 0.15) is 10.1 Å². The summed E-state index contributed by atoms with van der Waals surface area (Å²) in [4.78, 5) is 11.9. The Morgan fingerprint density at radius 2 is 2.42 bits per heavy atom. The molecule has 2 heterocycles. The van der Waals surface area contributed by atoms with Crippen molar-refractivity contribution in [3.8, 4) is 0 Å². The van der Waals surface area contributed by atoms with E-state index < -0.39 is 5.60 Å². The molecule has 0 saturated carbocycles. The lowest BCUT2D eigenvalue weighted by Gasteiger charge is -2.21. The molecule has 1 aliphatic heterocycles. The summed E-state index contributed by atoms with van der Waals surface area (Å²) in [7, 11) is 0. The van der Waals surface area contributed by atoms with Crippen molar-refractivity contribution in [2.75, 3.05) is 31.7 Å². The van der Waals surface area contributed by atoms with Crippen molar-refractivity contribution >= 4 is 21.6 Å². The fraction of sp³-hybridized carbons (Fsp3) is 0.636. The van der Waals surface area contributed by atoms with Crippen molar-refractivity contribution in [3.63, 3.8) is 0 Å². The third kappa shape index (κ3) is 3.33. The van der Waals surface area contributed by atoms with Crippen LogP contribution in [0.2, 0.25) is 0 Å². The zero-order chi connectivity index (χ0) is 13.9. The zero-order valence-electron chi connectivity index (χ0n) is 10.3. The number of rotatable bonds is 5. The summed E-state index contributed by atoms with van der Waals surface area (Å²) in [5.41, 5.74) is -0.715. The maximum absolute atomic E-state index is 11.9. The van der Waals surface area contributed by atoms with Gasteiger partial charge in [-0.1, -0.05) is 0 Å². The van der Waals surface area contributed by atoms with Crippen LogP contribution in [-0.4, -0.2) is 52.0 Å². The molecule has 1 fully saturated rings. The van der Waals surface area contributed by atoms with E-state index >= 15 is 0 Å². The molecule has 0 spiro atoms. The number of aromatic nitrogens is 2. The first-order chi connectivity index (χ1) is 9.06. The van der Waals surface area contributed by atoms with E-state index in [2.05, 4.69) is 26.3 Å². The van der Waals surface area contributed by atoms with Crippen molar-refractivity contribution in [1.82, 2.24) is 9.78 Å². The van der Waals surface area contributed by atoms with E-state index in [1.165, 1.54) is 10.9 Å². The standard InChI is InChI=1S/C11H16BrN3O4/c12-9-8(5-14-15(2-3-16)10(9)17)13-6-11(18)1-4-19-7-11/h5,13,16,18H,1-4,6-7H2. The predicted octanol–water partition coefficient (Wildman–Crippen LogP) is -0.439. The highest BCUT2D eigenvalue weighted by Crippen LogP contribution is 2.21. The molecule has 0 aliphatic carbocycles. The summed E-state index contributed by atoms with van der Waals surface area (Å²) in [5.74, 6) is 0. The van der Waals surface area contributed by atoms with Crippen molar-refractivity contribution in [3.05, 3.63) is 21.0 Å². The Morgan fingerprint density at radius 3 is 3.05 bits per heavy atom. The van der Waals surface area contributed by atoms with Gasteiger partial charge in [-0.2, -0.15) is 5.10 Å². The number of nitrogens with zero attached hydrogens (tertiary/aromatic N) is 2. The molecule has 19 heavy (non-hydrogen) atoms. The number of anilines is 1. The van der Waals surface area contributed by atoms with E-state index in [9.17, 15) is 9.90 Å². The molecule has 1 aromatic heterocycles. The van der Waals surface area contributed by atoms with Gasteiger partial charge in [-0.15, -0.1) is 0 Å². The number of aliphatic hydroxyl groups excluding tert-OH is 1. The molecule has 0 radical (unpaired) electrons. The van der Waals surface area contributed by atoms with Gasteiger partial charge < -0.3 is 20.3 Å². The third-order valence-electron chi connectivity index (χ3n) is 2.99. The molecule has 1 atom stereocenters. The highest BCUT2D eigenvalue weighted by molar-refractivity contribution is 9.10. The number of hydrogen-bond acceptors (Lipinski definition) is 6. The summed E-state index contributed by atoms with van der Waals surface area (Å²) in [6, 6.07) is 0. The molecule has 2 rings (SSSR count). The smallest absolute Gasteiger partial charge is 0.283 e. The van der Waals surface area contributed by atoms with E-state index in [1.807, 2.05) is 0 Å². The average molecular weight is 334 g/mol. The molecule has 7 nitrogen and oxygen atoms in total. The number of halogens is 1. The van der Waals surface area contributed by atoms with Crippen LogP contribution in [0.3, 0.4) is 0 Å². The molecule has 0 amide bonds. The summed E-state index contributed by atoms with van der Waals surface area (Å²) >= 11 is 3.20. The molecule has 8 heteroatoms. The molecule has 106 valence electrons. The number of nitrogens with one attached hydrogen (secondary N) is 1. The van der Waals surface area contributed by atoms with Crippen LogP contribution in [-0.2, 0) is 11.3 Å². The van der Waals surface area contributed by atoms with Gasteiger partial charge in [-0.05, 0) is 15.9 Å². The normalized spacial score (nSPS) is 22.7. The van der Waals surface area contributed by atoms with E-state index in [4.69, 9.17) is 9.84 Å². The molecule has 1 saturated heterocycles. The maximum Gasteiger partial charge on any atom is 0.283 e. The van der Waals surface area contributed by atoms with Crippen LogP contribution in [0.5, 0.6) is 0 Å². The highest BCUT2D eigenvalue weighted by atomic mass is 79.9. The topological polar surface area (TPSA) is 96.6 Å². The van der Waals surface area contributed by atoms with E-state index in [1.54, 1.807) is 0 Å². The summed E-state index contributed by atoms with van der Waals surface area (Å²) in [6.07, 6.45) is 2.05. The summed E-state index contributed by atoms with van der Waals surface area (Å²) in [5, 5.41) is 25.8. The van der Waals surface area contributed by atoms with Crippen molar-refractivity contribution < 1.29 is 14.9 Å². The number of ether oxygens (including phenoxy) is 1. The van der Waals surface area contributed by atoms with Crippen LogP contribution in [0.15, 0.2) is 15.5 Å². The second-order valence-corrected chi connectivity index (χ2v) is 5.30.